The Hall–Kier alpha value is -3.35. The molecule has 2 aromatic carbocycles. The third kappa shape index (κ3) is 4.51. The summed E-state index contributed by atoms with van der Waals surface area (Å²) in [7, 11) is 0. The van der Waals surface area contributed by atoms with Crippen molar-refractivity contribution in [1.82, 2.24) is 10.2 Å². The van der Waals surface area contributed by atoms with E-state index in [0.717, 1.165) is 24.0 Å². The standard InChI is InChI=1S/C28H32N2O5/c1-18-15-30(16-23(18)26(32)33)25(31)14-28(12-6-7-13-28)29-27(34)35-17-24-21-10-4-2-8-19(21)20-9-3-5-11-22(20)24/h2-5,8-11,18,23-24H,6-7,12-17H2,1H3,(H,29,34)(H,32,33)/t18-,23-/m1/s1. The summed E-state index contributed by atoms with van der Waals surface area (Å²) in [4.78, 5) is 39.1. The number of nitrogens with one attached hydrogen (secondary N) is 1. The van der Waals surface area contributed by atoms with Crippen LogP contribution in [0.1, 0.15) is 56.1 Å². The zero-order valence-corrected chi connectivity index (χ0v) is 20.0. The van der Waals surface area contributed by atoms with Crippen molar-refractivity contribution < 1.29 is 24.2 Å². The number of amides is 2. The van der Waals surface area contributed by atoms with E-state index in [1.165, 1.54) is 11.1 Å². The smallest absolute Gasteiger partial charge is 0.407 e. The van der Waals surface area contributed by atoms with Crippen LogP contribution < -0.4 is 5.32 Å². The molecule has 5 rings (SSSR count). The average molecular weight is 477 g/mol. The number of hydrogen-bond acceptors (Lipinski definition) is 4. The monoisotopic (exact) mass is 476 g/mol. The van der Waals surface area contributed by atoms with Crippen LogP contribution in [0.25, 0.3) is 11.1 Å². The van der Waals surface area contributed by atoms with Gasteiger partial charge in [-0.1, -0.05) is 68.3 Å². The van der Waals surface area contributed by atoms with Gasteiger partial charge in [0.15, 0.2) is 0 Å². The van der Waals surface area contributed by atoms with Crippen molar-refractivity contribution in [1.29, 1.82) is 0 Å². The molecule has 0 aromatic heterocycles. The van der Waals surface area contributed by atoms with Crippen LogP contribution in [-0.4, -0.2) is 53.2 Å². The highest BCUT2D eigenvalue weighted by Gasteiger charge is 2.42. The zero-order chi connectivity index (χ0) is 24.6. The first kappa shape index (κ1) is 23.4. The van der Waals surface area contributed by atoms with E-state index in [2.05, 4.69) is 29.6 Å². The van der Waals surface area contributed by atoms with E-state index >= 15 is 0 Å². The molecular formula is C28H32N2O5. The Labute approximate surface area is 205 Å². The number of alkyl carbamates (subject to hydrolysis) is 1. The molecule has 2 fully saturated rings. The minimum Gasteiger partial charge on any atom is -0.481 e. The van der Waals surface area contributed by atoms with Gasteiger partial charge in [-0.15, -0.1) is 0 Å². The number of carbonyl (C=O) groups excluding carboxylic acids is 2. The van der Waals surface area contributed by atoms with E-state index in [9.17, 15) is 19.5 Å². The molecule has 35 heavy (non-hydrogen) atoms. The first-order valence-electron chi connectivity index (χ1n) is 12.5. The molecule has 0 spiro atoms. The van der Waals surface area contributed by atoms with Gasteiger partial charge in [0, 0.05) is 19.0 Å². The third-order valence-electron chi connectivity index (χ3n) is 8.04. The quantitative estimate of drug-likeness (QED) is 0.644. The lowest BCUT2D eigenvalue weighted by molar-refractivity contribution is -0.142. The van der Waals surface area contributed by atoms with Crippen LogP contribution >= 0.6 is 0 Å². The fourth-order valence-electron chi connectivity index (χ4n) is 6.14. The Balaban J connectivity index is 1.23. The SMILES string of the molecule is C[C@@H]1CN(C(=O)CC2(NC(=O)OCC3c4ccccc4-c4ccccc43)CCCC2)C[C@H]1C(=O)O. The number of rotatable bonds is 6. The molecule has 2 atom stereocenters. The van der Waals surface area contributed by atoms with Gasteiger partial charge in [0.2, 0.25) is 5.91 Å². The summed E-state index contributed by atoms with van der Waals surface area (Å²) in [5, 5.41) is 12.4. The summed E-state index contributed by atoms with van der Waals surface area (Å²) in [6.07, 6.45) is 2.98. The van der Waals surface area contributed by atoms with Gasteiger partial charge in [-0.25, -0.2) is 4.79 Å². The normalized spacial score (nSPS) is 22.5. The van der Waals surface area contributed by atoms with Gasteiger partial charge >= 0.3 is 12.1 Å². The highest BCUT2D eigenvalue weighted by molar-refractivity contribution is 5.81. The molecule has 7 heteroatoms. The van der Waals surface area contributed by atoms with Crippen LogP contribution in [0.4, 0.5) is 4.79 Å². The molecule has 3 aliphatic rings. The summed E-state index contributed by atoms with van der Waals surface area (Å²) >= 11 is 0. The average Bonchev–Trinajstić information content (AvgIpc) is 3.54. The number of hydrogen-bond donors (Lipinski definition) is 2. The molecular weight excluding hydrogens is 444 g/mol. The number of carbonyl (C=O) groups is 3. The van der Waals surface area contributed by atoms with Crippen molar-refractivity contribution in [3.8, 4) is 11.1 Å². The third-order valence-corrected chi connectivity index (χ3v) is 8.04. The number of likely N-dealkylation sites (tertiary alicyclic amines) is 1. The number of carboxylic acids is 1. The molecule has 1 saturated heterocycles. The Morgan fingerprint density at radius 1 is 1.00 bits per heavy atom. The fourth-order valence-corrected chi connectivity index (χ4v) is 6.14. The Morgan fingerprint density at radius 2 is 1.60 bits per heavy atom. The highest BCUT2D eigenvalue weighted by Crippen LogP contribution is 2.44. The number of nitrogens with zero attached hydrogens (tertiary/aromatic N) is 1. The molecule has 7 nitrogen and oxygen atoms in total. The number of fused-ring (bicyclic) bond motifs is 3. The number of ether oxygens (including phenoxy) is 1. The predicted octanol–water partition coefficient (Wildman–Crippen LogP) is 4.41. The molecule has 0 bridgehead atoms. The van der Waals surface area contributed by atoms with E-state index in [4.69, 9.17) is 4.74 Å². The lowest BCUT2D eigenvalue weighted by atomic mass is 9.92. The molecule has 1 saturated carbocycles. The molecule has 1 heterocycles. The Bertz CT molecular complexity index is 1090. The van der Waals surface area contributed by atoms with Gasteiger partial charge in [-0.05, 0) is 41.0 Å². The maximum absolute atomic E-state index is 13.1. The van der Waals surface area contributed by atoms with Crippen molar-refractivity contribution in [2.75, 3.05) is 19.7 Å². The minimum absolute atomic E-state index is 0.0200. The second-order valence-corrected chi connectivity index (χ2v) is 10.3. The van der Waals surface area contributed by atoms with E-state index in [1.54, 1.807) is 4.90 Å². The zero-order valence-electron chi connectivity index (χ0n) is 20.0. The topological polar surface area (TPSA) is 95.9 Å². The lowest BCUT2D eigenvalue weighted by Crippen LogP contribution is -2.50. The summed E-state index contributed by atoms with van der Waals surface area (Å²) in [5.41, 5.74) is 4.03. The second-order valence-electron chi connectivity index (χ2n) is 10.3. The number of benzene rings is 2. The van der Waals surface area contributed by atoms with Gasteiger partial charge in [0.05, 0.1) is 17.9 Å². The van der Waals surface area contributed by atoms with Crippen LogP contribution in [0.2, 0.25) is 0 Å². The van der Waals surface area contributed by atoms with Crippen LogP contribution in [0.15, 0.2) is 48.5 Å². The van der Waals surface area contributed by atoms with Crippen molar-refractivity contribution in [2.45, 2.75) is 50.5 Å². The van der Waals surface area contributed by atoms with E-state index in [0.29, 0.717) is 19.4 Å². The van der Waals surface area contributed by atoms with Crippen LogP contribution in [0.5, 0.6) is 0 Å². The molecule has 1 aliphatic heterocycles. The van der Waals surface area contributed by atoms with Crippen molar-refractivity contribution in [3.63, 3.8) is 0 Å². The molecule has 0 radical (unpaired) electrons. The van der Waals surface area contributed by atoms with Gasteiger partial charge in [0.25, 0.3) is 0 Å². The van der Waals surface area contributed by atoms with Gasteiger partial charge in [0.1, 0.15) is 6.61 Å². The van der Waals surface area contributed by atoms with Gasteiger partial charge < -0.3 is 20.1 Å². The summed E-state index contributed by atoms with van der Waals surface area (Å²) in [6, 6.07) is 16.4. The first-order chi connectivity index (χ1) is 16.9. The predicted molar refractivity (Wildman–Crippen MR) is 131 cm³/mol. The van der Waals surface area contributed by atoms with E-state index in [1.807, 2.05) is 31.2 Å². The first-order valence-corrected chi connectivity index (χ1v) is 12.5. The fraction of sp³-hybridized carbons (Fsp3) is 0.464. The highest BCUT2D eigenvalue weighted by atomic mass is 16.5. The van der Waals surface area contributed by atoms with Crippen molar-refractivity contribution in [3.05, 3.63) is 59.7 Å². The Kier molecular flexibility index (Phi) is 6.26. The lowest BCUT2D eigenvalue weighted by Gasteiger charge is -2.31. The van der Waals surface area contributed by atoms with Crippen molar-refractivity contribution >= 4 is 18.0 Å². The van der Waals surface area contributed by atoms with Crippen LogP contribution in [0, 0.1) is 11.8 Å². The summed E-state index contributed by atoms with van der Waals surface area (Å²) < 4.78 is 5.75. The Morgan fingerprint density at radius 3 is 2.17 bits per heavy atom. The largest absolute Gasteiger partial charge is 0.481 e. The summed E-state index contributed by atoms with van der Waals surface area (Å²) in [5.74, 6) is -1.59. The molecule has 0 unspecified atom stereocenters. The van der Waals surface area contributed by atoms with Gasteiger partial charge in [-0.2, -0.15) is 0 Å². The minimum atomic E-state index is -0.861. The molecule has 2 aromatic rings. The molecule has 2 amide bonds. The van der Waals surface area contributed by atoms with Gasteiger partial charge in [-0.3, -0.25) is 9.59 Å². The molecule has 2 aliphatic carbocycles. The number of carboxylic acid groups (broad SMARTS) is 1. The van der Waals surface area contributed by atoms with Crippen LogP contribution in [-0.2, 0) is 14.3 Å². The maximum atomic E-state index is 13.1. The van der Waals surface area contributed by atoms with Crippen molar-refractivity contribution in [2.24, 2.45) is 11.8 Å². The van der Waals surface area contributed by atoms with E-state index in [-0.39, 0.29) is 37.3 Å². The molecule has 2 N–H and O–H groups in total. The van der Waals surface area contributed by atoms with Crippen LogP contribution in [0.3, 0.4) is 0 Å². The molecule has 184 valence electrons. The second kappa shape index (κ2) is 9.36. The summed E-state index contributed by atoms with van der Waals surface area (Å²) in [6.45, 7) is 2.77. The van der Waals surface area contributed by atoms with E-state index < -0.39 is 23.5 Å². The maximum Gasteiger partial charge on any atom is 0.407 e. The number of aliphatic carboxylic acids is 1.